The van der Waals surface area contributed by atoms with Gasteiger partial charge in [-0.1, -0.05) is 36.4 Å². The number of H-pyrrole nitrogens is 1. The van der Waals surface area contributed by atoms with E-state index in [4.69, 9.17) is 23.7 Å². The Bertz CT molecular complexity index is 1380. The molecule has 2 saturated heterocycles. The van der Waals surface area contributed by atoms with Gasteiger partial charge >= 0.3 is 17.6 Å². The zero-order valence-electron chi connectivity index (χ0n) is 21.0. The molecule has 0 saturated carbocycles. The minimum atomic E-state index is -1.12. The van der Waals surface area contributed by atoms with Gasteiger partial charge < -0.3 is 23.7 Å². The van der Waals surface area contributed by atoms with Gasteiger partial charge in [0.05, 0.1) is 11.1 Å². The van der Waals surface area contributed by atoms with Crippen molar-refractivity contribution >= 4 is 11.9 Å². The summed E-state index contributed by atoms with van der Waals surface area (Å²) < 4.78 is 30.7. The van der Waals surface area contributed by atoms with Crippen LogP contribution in [0.4, 0.5) is 0 Å². The lowest BCUT2D eigenvalue weighted by atomic mass is 10.1. The van der Waals surface area contributed by atoms with Crippen LogP contribution in [-0.4, -0.2) is 59.3 Å². The number of benzene rings is 2. The van der Waals surface area contributed by atoms with Gasteiger partial charge in [-0.15, -0.1) is 0 Å². The second kappa shape index (κ2) is 12.2. The van der Waals surface area contributed by atoms with Crippen LogP contribution in [0, 0.1) is 0 Å². The lowest BCUT2D eigenvalue weighted by Crippen LogP contribution is -2.44. The van der Waals surface area contributed by atoms with Gasteiger partial charge in [0.25, 0.3) is 5.56 Å². The summed E-state index contributed by atoms with van der Waals surface area (Å²) in [5, 5.41) is 0. The van der Waals surface area contributed by atoms with Crippen LogP contribution in [0.25, 0.3) is 0 Å². The molecule has 0 radical (unpaired) electrons. The third-order valence-corrected chi connectivity index (χ3v) is 6.50. The molecule has 0 amide bonds. The van der Waals surface area contributed by atoms with Gasteiger partial charge in [-0.05, 0) is 43.5 Å². The molecule has 3 heterocycles. The molecule has 0 spiro atoms. The van der Waals surface area contributed by atoms with Crippen molar-refractivity contribution in [2.24, 2.45) is 0 Å². The van der Waals surface area contributed by atoms with E-state index in [0.29, 0.717) is 24.2 Å². The van der Waals surface area contributed by atoms with E-state index in [1.807, 2.05) is 0 Å². The highest BCUT2D eigenvalue weighted by atomic mass is 16.7. The minimum Gasteiger partial charge on any atom is -0.459 e. The standard InChI is InChI=1S/C28H28N2O9/c31-21-14-15-30(28(34)29-21)25-24(38-22-13-7-8-16-35-22)23(39-27(33)19-11-5-2-6-12-19)20(37-25)17-36-26(32)18-9-3-1-4-10-18/h1-6,9-12,14-15,20,22-25H,7-8,13,16-17H2,(H,29,31,34)/t20-,22?,23-,24-,25-/m1/s1. The normalized spacial score (nSPS) is 24.7. The quantitative estimate of drug-likeness (QED) is 0.431. The van der Waals surface area contributed by atoms with E-state index in [0.717, 1.165) is 17.4 Å². The number of ether oxygens (including phenoxy) is 5. The van der Waals surface area contributed by atoms with Crippen LogP contribution >= 0.6 is 0 Å². The molecule has 204 valence electrons. The number of rotatable bonds is 8. The second-order valence-corrected chi connectivity index (χ2v) is 9.18. The molecule has 0 bridgehead atoms. The van der Waals surface area contributed by atoms with Crippen LogP contribution in [-0.2, 0) is 23.7 Å². The highest BCUT2D eigenvalue weighted by molar-refractivity contribution is 5.90. The zero-order valence-corrected chi connectivity index (χ0v) is 21.0. The number of hydrogen-bond donors (Lipinski definition) is 1. The van der Waals surface area contributed by atoms with E-state index in [2.05, 4.69) is 4.98 Å². The third-order valence-electron chi connectivity index (χ3n) is 6.50. The summed E-state index contributed by atoms with van der Waals surface area (Å²) in [5.41, 5.74) is -0.677. The molecule has 1 aromatic heterocycles. The maximum Gasteiger partial charge on any atom is 0.338 e. The summed E-state index contributed by atoms with van der Waals surface area (Å²) in [7, 11) is 0. The fourth-order valence-corrected chi connectivity index (χ4v) is 4.56. The van der Waals surface area contributed by atoms with Crippen LogP contribution in [0.1, 0.15) is 46.2 Å². The third kappa shape index (κ3) is 6.33. The Kier molecular flexibility index (Phi) is 8.30. The van der Waals surface area contributed by atoms with Gasteiger partial charge in [0.15, 0.2) is 18.6 Å². The van der Waals surface area contributed by atoms with E-state index in [9.17, 15) is 19.2 Å². The fraction of sp³-hybridized carbons (Fsp3) is 0.357. The monoisotopic (exact) mass is 536 g/mol. The second-order valence-electron chi connectivity index (χ2n) is 9.18. The lowest BCUT2D eigenvalue weighted by molar-refractivity contribution is -0.215. The lowest BCUT2D eigenvalue weighted by Gasteiger charge is -2.30. The minimum absolute atomic E-state index is 0.291. The fourth-order valence-electron chi connectivity index (χ4n) is 4.56. The highest BCUT2D eigenvalue weighted by Crippen LogP contribution is 2.35. The topological polar surface area (TPSA) is 135 Å². The van der Waals surface area contributed by atoms with Crippen molar-refractivity contribution in [2.45, 2.75) is 50.1 Å². The zero-order chi connectivity index (χ0) is 27.2. The predicted molar refractivity (Wildman–Crippen MR) is 136 cm³/mol. The van der Waals surface area contributed by atoms with Crippen LogP contribution in [0.15, 0.2) is 82.5 Å². The molecule has 39 heavy (non-hydrogen) atoms. The van der Waals surface area contributed by atoms with Crippen molar-refractivity contribution in [2.75, 3.05) is 13.2 Å². The van der Waals surface area contributed by atoms with E-state index < -0.39 is 54.0 Å². The molecule has 3 aromatic rings. The van der Waals surface area contributed by atoms with Crippen LogP contribution in [0.5, 0.6) is 0 Å². The molecule has 2 aromatic carbocycles. The Morgan fingerprint density at radius 2 is 1.59 bits per heavy atom. The van der Waals surface area contributed by atoms with Gasteiger partial charge in [-0.25, -0.2) is 14.4 Å². The number of aromatic nitrogens is 2. The molecule has 0 aliphatic carbocycles. The summed E-state index contributed by atoms with van der Waals surface area (Å²) in [6.45, 7) is 0.203. The Balaban J connectivity index is 1.46. The van der Waals surface area contributed by atoms with Gasteiger partial charge in [0.2, 0.25) is 0 Å². The van der Waals surface area contributed by atoms with Gasteiger partial charge in [-0.3, -0.25) is 14.3 Å². The number of nitrogens with zero attached hydrogens (tertiary/aromatic N) is 1. The number of esters is 2. The first-order valence-corrected chi connectivity index (χ1v) is 12.7. The smallest absolute Gasteiger partial charge is 0.338 e. The average molecular weight is 537 g/mol. The first-order chi connectivity index (χ1) is 19.0. The van der Waals surface area contributed by atoms with E-state index in [-0.39, 0.29) is 6.61 Å². The van der Waals surface area contributed by atoms with Crippen LogP contribution in [0.2, 0.25) is 0 Å². The van der Waals surface area contributed by atoms with Crippen molar-refractivity contribution in [3.8, 4) is 0 Å². The number of nitrogens with one attached hydrogen (secondary N) is 1. The largest absolute Gasteiger partial charge is 0.459 e. The number of aromatic amines is 1. The summed E-state index contributed by atoms with van der Waals surface area (Å²) in [5.74, 6) is -1.23. The highest BCUT2D eigenvalue weighted by Gasteiger charge is 2.51. The number of carbonyl (C=O) groups excluding carboxylic acids is 2. The summed E-state index contributed by atoms with van der Waals surface area (Å²) in [4.78, 5) is 52.4. The Morgan fingerprint density at radius 1 is 0.897 bits per heavy atom. The van der Waals surface area contributed by atoms with Gasteiger partial charge in [0.1, 0.15) is 18.8 Å². The molecule has 2 fully saturated rings. The van der Waals surface area contributed by atoms with Crippen molar-refractivity contribution in [1.29, 1.82) is 0 Å². The first-order valence-electron chi connectivity index (χ1n) is 12.7. The number of hydrogen-bond acceptors (Lipinski definition) is 9. The Hall–Kier alpha value is -4.06. The molecule has 2 aliphatic rings. The Labute approximate surface area is 223 Å². The average Bonchev–Trinajstić information content (AvgIpc) is 3.29. The molecule has 2 aliphatic heterocycles. The van der Waals surface area contributed by atoms with E-state index >= 15 is 0 Å². The molecule has 11 heteroatoms. The summed E-state index contributed by atoms with van der Waals surface area (Å²) >= 11 is 0. The Morgan fingerprint density at radius 3 is 2.23 bits per heavy atom. The SMILES string of the molecule is O=C(OC[C@H]1O[C@@H](n2ccc(=O)[nH]c2=O)[C@H](OC2CCCCO2)[C@@H]1OC(=O)c1ccccc1)c1ccccc1. The molecular formula is C28H28N2O9. The van der Waals surface area contributed by atoms with Crippen molar-refractivity contribution in [3.63, 3.8) is 0 Å². The molecule has 5 atom stereocenters. The molecule has 1 N–H and O–H groups in total. The van der Waals surface area contributed by atoms with Gasteiger partial charge in [0, 0.05) is 18.9 Å². The molecular weight excluding hydrogens is 508 g/mol. The van der Waals surface area contributed by atoms with Crippen LogP contribution < -0.4 is 11.2 Å². The first kappa shape index (κ1) is 26.5. The maximum absolute atomic E-state index is 13.1. The molecule has 1 unspecified atom stereocenters. The van der Waals surface area contributed by atoms with Crippen molar-refractivity contribution in [3.05, 3.63) is 105 Å². The summed E-state index contributed by atoms with van der Waals surface area (Å²) in [6, 6.07) is 18.0. The van der Waals surface area contributed by atoms with Crippen molar-refractivity contribution in [1.82, 2.24) is 9.55 Å². The predicted octanol–water partition coefficient (Wildman–Crippen LogP) is 2.43. The van der Waals surface area contributed by atoms with Gasteiger partial charge in [-0.2, -0.15) is 0 Å². The van der Waals surface area contributed by atoms with E-state index in [1.54, 1.807) is 60.7 Å². The maximum atomic E-state index is 13.1. The van der Waals surface area contributed by atoms with Crippen LogP contribution in [0.3, 0.4) is 0 Å². The summed E-state index contributed by atoms with van der Waals surface area (Å²) in [6.07, 6.45) is -1.23. The van der Waals surface area contributed by atoms with Crippen molar-refractivity contribution < 1.29 is 33.3 Å². The number of carbonyl (C=O) groups is 2. The molecule has 5 rings (SSSR count). The molecule has 11 nitrogen and oxygen atoms in total. The van der Waals surface area contributed by atoms with E-state index in [1.165, 1.54) is 12.3 Å².